The second-order valence-electron chi connectivity index (χ2n) is 8.49. The summed E-state index contributed by atoms with van der Waals surface area (Å²) in [5.74, 6) is -0.391. The largest absolute Gasteiger partial charge is 0.501 e. The van der Waals surface area contributed by atoms with E-state index in [1.54, 1.807) is 22.1 Å². The third-order valence-electron chi connectivity index (χ3n) is 6.01. The van der Waals surface area contributed by atoms with E-state index in [-0.39, 0.29) is 13.1 Å². The van der Waals surface area contributed by atoms with Gasteiger partial charge in [-0.05, 0) is 66.6 Å². The van der Waals surface area contributed by atoms with E-state index < -0.39 is 17.9 Å². The molecule has 1 fully saturated rings. The second-order valence-corrected chi connectivity index (χ2v) is 8.49. The summed E-state index contributed by atoms with van der Waals surface area (Å²) in [6.07, 6.45) is 5.89. The van der Waals surface area contributed by atoms with E-state index in [0.717, 1.165) is 41.0 Å². The zero-order valence-electron chi connectivity index (χ0n) is 19.4. The van der Waals surface area contributed by atoms with Crippen LogP contribution in [-0.4, -0.2) is 46.7 Å². The number of ether oxygens (including phenoxy) is 1. The fourth-order valence-corrected chi connectivity index (χ4v) is 4.15. The highest BCUT2D eigenvalue weighted by molar-refractivity contribution is 5.77. The molecule has 0 aromatic heterocycles. The lowest BCUT2D eigenvalue weighted by Gasteiger charge is -2.30. The van der Waals surface area contributed by atoms with E-state index in [9.17, 15) is 14.0 Å². The first-order valence-electron chi connectivity index (χ1n) is 11.7. The number of halogens is 1. The van der Waals surface area contributed by atoms with Gasteiger partial charge >= 0.3 is 12.1 Å². The number of amides is 3. The maximum absolute atomic E-state index is 14.0. The SMILES string of the molecule is CCO/C=C/c1ccc(CN2Cc3ccc(F)cc3CN(OC(=O)N3CCCCC3)C2=O)cc1. The number of hydrogen-bond donors (Lipinski definition) is 0. The Morgan fingerprint density at radius 2 is 1.79 bits per heavy atom. The average Bonchev–Trinajstić information content (AvgIpc) is 2.97. The third kappa shape index (κ3) is 5.87. The topological polar surface area (TPSA) is 62.3 Å². The molecule has 7 nitrogen and oxygen atoms in total. The number of benzene rings is 2. The molecule has 1 saturated heterocycles. The van der Waals surface area contributed by atoms with E-state index in [1.807, 2.05) is 37.3 Å². The molecule has 180 valence electrons. The molecule has 0 unspecified atom stereocenters. The molecule has 0 aliphatic carbocycles. The molecule has 4 rings (SSSR count). The van der Waals surface area contributed by atoms with Gasteiger partial charge in [-0.2, -0.15) is 0 Å². The van der Waals surface area contributed by atoms with E-state index in [0.29, 0.717) is 31.8 Å². The van der Waals surface area contributed by atoms with Crippen LogP contribution in [0.1, 0.15) is 48.4 Å². The third-order valence-corrected chi connectivity index (χ3v) is 6.01. The quantitative estimate of drug-likeness (QED) is 0.541. The van der Waals surface area contributed by atoms with Crippen molar-refractivity contribution in [3.8, 4) is 0 Å². The van der Waals surface area contributed by atoms with E-state index in [4.69, 9.17) is 9.57 Å². The van der Waals surface area contributed by atoms with E-state index in [1.165, 1.54) is 12.1 Å². The Morgan fingerprint density at radius 3 is 2.53 bits per heavy atom. The van der Waals surface area contributed by atoms with Gasteiger partial charge in [0.2, 0.25) is 0 Å². The fraction of sp³-hybridized carbons (Fsp3) is 0.385. The molecule has 2 aliphatic rings. The Kier molecular flexibility index (Phi) is 7.67. The second kappa shape index (κ2) is 11.0. The molecule has 2 aromatic rings. The van der Waals surface area contributed by atoms with Crippen LogP contribution in [0.4, 0.5) is 14.0 Å². The number of carbonyl (C=O) groups is 2. The van der Waals surface area contributed by atoms with Crippen LogP contribution in [0.2, 0.25) is 0 Å². The van der Waals surface area contributed by atoms with Gasteiger partial charge in [0.1, 0.15) is 5.82 Å². The van der Waals surface area contributed by atoms with Crippen molar-refractivity contribution >= 4 is 18.2 Å². The van der Waals surface area contributed by atoms with Gasteiger partial charge in [-0.15, -0.1) is 5.06 Å². The first-order chi connectivity index (χ1) is 16.5. The lowest BCUT2D eigenvalue weighted by molar-refractivity contribution is -0.0889. The summed E-state index contributed by atoms with van der Waals surface area (Å²) in [5.41, 5.74) is 3.35. The minimum Gasteiger partial charge on any atom is -0.501 e. The number of urea groups is 1. The van der Waals surface area contributed by atoms with Gasteiger partial charge in [0.25, 0.3) is 0 Å². The minimum absolute atomic E-state index is 0.00314. The Morgan fingerprint density at radius 1 is 1.03 bits per heavy atom. The molecule has 0 N–H and O–H groups in total. The van der Waals surface area contributed by atoms with Crippen LogP contribution in [0.3, 0.4) is 0 Å². The Labute approximate surface area is 199 Å². The maximum Gasteiger partial charge on any atom is 0.434 e. The number of fused-ring (bicyclic) bond motifs is 1. The molecule has 8 heteroatoms. The maximum atomic E-state index is 14.0. The molecule has 3 amide bonds. The number of piperidine rings is 1. The summed E-state index contributed by atoms with van der Waals surface area (Å²) in [6.45, 7) is 4.37. The van der Waals surface area contributed by atoms with Gasteiger partial charge in [-0.1, -0.05) is 30.3 Å². The van der Waals surface area contributed by atoms with Gasteiger partial charge in [0, 0.05) is 26.2 Å². The number of likely N-dealkylation sites (tertiary alicyclic amines) is 1. The van der Waals surface area contributed by atoms with Crippen molar-refractivity contribution in [3.63, 3.8) is 0 Å². The van der Waals surface area contributed by atoms with Crippen LogP contribution < -0.4 is 0 Å². The van der Waals surface area contributed by atoms with Crippen molar-refractivity contribution in [2.45, 2.75) is 45.8 Å². The van der Waals surface area contributed by atoms with Crippen LogP contribution in [0.5, 0.6) is 0 Å². The number of hydrogen-bond acceptors (Lipinski definition) is 4. The summed E-state index contributed by atoms with van der Waals surface area (Å²) in [6, 6.07) is 11.8. The molecule has 0 saturated carbocycles. The van der Waals surface area contributed by atoms with Gasteiger partial charge in [-0.3, -0.25) is 0 Å². The smallest absolute Gasteiger partial charge is 0.434 e. The molecule has 2 aromatic carbocycles. The first-order valence-corrected chi connectivity index (χ1v) is 11.7. The predicted octanol–water partition coefficient (Wildman–Crippen LogP) is 5.31. The number of carbonyl (C=O) groups excluding carboxylic acids is 2. The minimum atomic E-state index is -0.543. The average molecular weight is 468 g/mol. The Bertz CT molecular complexity index is 1030. The van der Waals surface area contributed by atoms with E-state index in [2.05, 4.69) is 0 Å². The van der Waals surface area contributed by atoms with Crippen LogP contribution in [-0.2, 0) is 29.2 Å². The molecule has 0 spiro atoms. The van der Waals surface area contributed by atoms with Gasteiger partial charge < -0.3 is 19.4 Å². The monoisotopic (exact) mass is 467 g/mol. The summed E-state index contributed by atoms with van der Waals surface area (Å²) in [4.78, 5) is 34.9. The summed E-state index contributed by atoms with van der Waals surface area (Å²) in [5, 5.41) is 1.06. The molecule has 0 bridgehead atoms. The molecule has 34 heavy (non-hydrogen) atoms. The van der Waals surface area contributed by atoms with Crippen molar-refractivity contribution < 1.29 is 23.6 Å². The van der Waals surface area contributed by atoms with Crippen molar-refractivity contribution in [1.29, 1.82) is 0 Å². The highest BCUT2D eigenvalue weighted by Crippen LogP contribution is 2.24. The molecule has 2 aliphatic heterocycles. The molecule has 0 atom stereocenters. The van der Waals surface area contributed by atoms with Crippen molar-refractivity contribution in [1.82, 2.24) is 14.9 Å². The van der Waals surface area contributed by atoms with Crippen LogP contribution in [0.25, 0.3) is 6.08 Å². The van der Waals surface area contributed by atoms with Gasteiger partial charge in [0.05, 0.1) is 19.4 Å². The van der Waals surface area contributed by atoms with Gasteiger partial charge in [0.15, 0.2) is 0 Å². The van der Waals surface area contributed by atoms with Crippen LogP contribution in [0, 0.1) is 5.82 Å². The fourth-order valence-electron chi connectivity index (χ4n) is 4.15. The zero-order chi connectivity index (χ0) is 23.9. The van der Waals surface area contributed by atoms with Gasteiger partial charge in [-0.25, -0.2) is 14.0 Å². The van der Waals surface area contributed by atoms with Crippen molar-refractivity contribution in [2.24, 2.45) is 0 Å². The molecular formula is C26H30FN3O4. The number of hydroxylamine groups is 2. The Balaban J connectivity index is 1.53. The Hall–Kier alpha value is -3.55. The zero-order valence-corrected chi connectivity index (χ0v) is 19.4. The van der Waals surface area contributed by atoms with Crippen molar-refractivity contribution in [2.75, 3.05) is 19.7 Å². The van der Waals surface area contributed by atoms with Crippen LogP contribution in [0.15, 0.2) is 48.7 Å². The van der Waals surface area contributed by atoms with Crippen molar-refractivity contribution in [3.05, 3.63) is 76.8 Å². The lowest BCUT2D eigenvalue weighted by atomic mass is 10.1. The molecular weight excluding hydrogens is 437 g/mol. The van der Waals surface area contributed by atoms with Crippen LogP contribution >= 0.6 is 0 Å². The highest BCUT2D eigenvalue weighted by Gasteiger charge is 2.31. The standard InChI is InChI=1S/C26H30FN3O4/c1-2-33-15-12-20-6-8-21(9-7-20)17-29-18-22-10-11-24(27)16-23(22)19-30(25(29)31)34-26(32)28-13-4-3-5-14-28/h6-12,15-16H,2-5,13-14,17-19H2,1H3/b15-12+. The molecule has 2 heterocycles. The highest BCUT2D eigenvalue weighted by atomic mass is 19.1. The summed E-state index contributed by atoms with van der Waals surface area (Å²) < 4.78 is 19.2. The molecule has 0 radical (unpaired) electrons. The van der Waals surface area contributed by atoms with E-state index >= 15 is 0 Å². The summed E-state index contributed by atoms with van der Waals surface area (Å²) in [7, 11) is 0. The predicted molar refractivity (Wildman–Crippen MR) is 126 cm³/mol. The summed E-state index contributed by atoms with van der Waals surface area (Å²) >= 11 is 0. The normalized spacial score (nSPS) is 16.4. The first kappa shape index (κ1) is 23.6. The lowest BCUT2D eigenvalue weighted by Crippen LogP contribution is -2.45. The number of rotatable bonds is 6. The number of nitrogens with zero attached hydrogens (tertiary/aromatic N) is 3.